The Balaban J connectivity index is 1.92. The Morgan fingerprint density at radius 3 is 2.85 bits per heavy atom. The molecule has 0 aliphatic rings. The van der Waals surface area contributed by atoms with Crippen LogP contribution < -0.4 is 5.32 Å². The number of carbonyl (C=O) groups excluding carboxylic acids is 2. The zero-order chi connectivity index (χ0) is 14.5. The number of hydrogen-bond acceptors (Lipinski definition) is 6. The molecule has 1 atom stereocenters. The van der Waals surface area contributed by atoms with Crippen molar-refractivity contribution >= 4 is 17.7 Å². The smallest absolute Gasteiger partial charge is 0.340 e. The second-order valence-electron chi connectivity index (χ2n) is 4.10. The van der Waals surface area contributed by atoms with Gasteiger partial charge in [0.25, 0.3) is 5.91 Å². The summed E-state index contributed by atoms with van der Waals surface area (Å²) in [4.78, 5) is 27.3. The normalized spacial score (nSPS) is 11.7. The van der Waals surface area contributed by atoms with Gasteiger partial charge in [-0.05, 0) is 26.0 Å². The van der Waals surface area contributed by atoms with Crippen molar-refractivity contribution in [3.63, 3.8) is 0 Å². The average Bonchev–Trinajstić information content (AvgIpc) is 2.85. The number of pyridine rings is 1. The number of ether oxygens (including phenoxy) is 1. The lowest BCUT2D eigenvalue weighted by Gasteiger charge is -2.11. The number of nitrogens with one attached hydrogen (secondary N) is 1. The molecule has 0 bridgehead atoms. The predicted octanol–water partition coefficient (Wildman–Crippen LogP) is 1.56. The third-order valence-corrected chi connectivity index (χ3v) is 2.43. The van der Waals surface area contributed by atoms with Gasteiger partial charge in [-0.15, -0.1) is 0 Å². The molecule has 1 N–H and O–H groups in total. The number of anilines is 1. The maximum Gasteiger partial charge on any atom is 0.340 e. The van der Waals surface area contributed by atoms with Crippen molar-refractivity contribution < 1.29 is 18.8 Å². The van der Waals surface area contributed by atoms with E-state index in [1.807, 2.05) is 0 Å². The molecular weight excluding hydrogens is 262 g/mol. The quantitative estimate of drug-likeness (QED) is 0.851. The van der Waals surface area contributed by atoms with Gasteiger partial charge in [0, 0.05) is 18.5 Å². The van der Waals surface area contributed by atoms with Crippen LogP contribution in [0.4, 0.5) is 5.82 Å². The number of aryl methyl sites for hydroxylation is 1. The first-order valence-corrected chi connectivity index (χ1v) is 5.91. The molecule has 2 heterocycles. The summed E-state index contributed by atoms with van der Waals surface area (Å²) in [5.74, 6) is -0.260. The zero-order valence-electron chi connectivity index (χ0n) is 11.0. The number of amides is 1. The van der Waals surface area contributed by atoms with E-state index in [0.29, 0.717) is 5.76 Å². The predicted molar refractivity (Wildman–Crippen MR) is 69.0 cm³/mol. The molecule has 2 aromatic heterocycles. The number of rotatable bonds is 4. The molecule has 0 spiro atoms. The van der Waals surface area contributed by atoms with E-state index >= 15 is 0 Å². The van der Waals surface area contributed by atoms with Crippen LogP contribution in [0.5, 0.6) is 0 Å². The first-order chi connectivity index (χ1) is 9.56. The maximum absolute atomic E-state index is 11.8. The van der Waals surface area contributed by atoms with Crippen LogP contribution in [-0.2, 0) is 9.53 Å². The molecule has 0 fully saturated rings. The Kier molecular flexibility index (Phi) is 4.09. The third-order valence-electron chi connectivity index (χ3n) is 2.43. The molecule has 0 radical (unpaired) electrons. The number of esters is 1. The highest BCUT2D eigenvalue weighted by Gasteiger charge is 2.20. The molecule has 0 saturated heterocycles. The van der Waals surface area contributed by atoms with Crippen LogP contribution in [0.2, 0.25) is 0 Å². The molecule has 1 unspecified atom stereocenters. The highest BCUT2D eigenvalue weighted by Crippen LogP contribution is 2.09. The van der Waals surface area contributed by atoms with Gasteiger partial charge in [-0.25, -0.2) is 4.79 Å². The monoisotopic (exact) mass is 275 g/mol. The van der Waals surface area contributed by atoms with Crippen LogP contribution in [0.25, 0.3) is 0 Å². The number of carbonyl (C=O) groups is 2. The van der Waals surface area contributed by atoms with Crippen LogP contribution >= 0.6 is 0 Å². The van der Waals surface area contributed by atoms with E-state index in [2.05, 4.69) is 15.5 Å². The van der Waals surface area contributed by atoms with E-state index in [1.165, 1.54) is 13.1 Å². The van der Waals surface area contributed by atoms with Crippen molar-refractivity contribution in [1.82, 2.24) is 10.1 Å². The van der Waals surface area contributed by atoms with Crippen LogP contribution in [0, 0.1) is 6.92 Å². The lowest BCUT2D eigenvalue weighted by molar-refractivity contribution is -0.123. The second-order valence-corrected chi connectivity index (χ2v) is 4.10. The van der Waals surface area contributed by atoms with E-state index in [0.717, 1.165) is 0 Å². The van der Waals surface area contributed by atoms with Gasteiger partial charge in [-0.3, -0.25) is 9.78 Å². The molecular formula is C13H13N3O4. The summed E-state index contributed by atoms with van der Waals surface area (Å²) < 4.78 is 9.84. The van der Waals surface area contributed by atoms with Gasteiger partial charge in [-0.1, -0.05) is 5.16 Å². The molecule has 104 valence electrons. The van der Waals surface area contributed by atoms with Crippen molar-refractivity contribution in [3.05, 3.63) is 41.9 Å². The highest BCUT2D eigenvalue weighted by molar-refractivity contribution is 5.96. The Bertz CT molecular complexity index is 609. The SMILES string of the molecule is Cc1cc(NC(=O)C(C)OC(=O)c2cccnc2)no1. The van der Waals surface area contributed by atoms with Gasteiger partial charge in [-0.2, -0.15) is 0 Å². The van der Waals surface area contributed by atoms with Crippen LogP contribution in [-0.4, -0.2) is 28.1 Å². The molecule has 0 aliphatic heterocycles. The molecule has 20 heavy (non-hydrogen) atoms. The molecule has 2 aromatic rings. The second kappa shape index (κ2) is 5.96. The summed E-state index contributed by atoms with van der Waals surface area (Å²) in [7, 11) is 0. The molecule has 7 heteroatoms. The topological polar surface area (TPSA) is 94.3 Å². The van der Waals surface area contributed by atoms with Crippen molar-refractivity contribution in [1.29, 1.82) is 0 Å². The fraction of sp³-hybridized carbons (Fsp3) is 0.231. The van der Waals surface area contributed by atoms with Crippen LogP contribution in [0.15, 0.2) is 35.1 Å². The first kappa shape index (κ1) is 13.7. The van der Waals surface area contributed by atoms with Crippen molar-refractivity contribution in [2.24, 2.45) is 0 Å². The molecule has 2 rings (SSSR count). The molecule has 1 amide bonds. The van der Waals surface area contributed by atoms with Crippen LogP contribution in [0.3, 0.4) is 0 Å². The molecule has 0 saturated carbocycles. The minimum absolute atomic E-state index is 0.275. The molecule has 7 nitrogen and oxygen atoms in total. The number of aromatic nitrogens is 2. The Morgan fingerprint density at radius 2 is 2.25 bits per heavy atom. The fourth-order valence-electron chi connectivity index (χ4n) is 1.42. The average molecular weight is 275 g/mol. The minimum Gasteiger partial charge on any atom is -0.449 e. The maximum atomic E-state index is 11.8. The first-order valence-electron chi connectivity index (χ1n) is 5.91. The summed E-state index contributed by atoms with van der Waals surface area (Å²) in [6.45, 7) is 3.17. The Morgan fingerprint density at radius 1 is 1.45 bits per heavy atom. The van der Waals surface area contributed by atoms with Gasteiger partial charge in [0.2, 0.25) is 0 Å². The van der Waals surface area contributed by atoms with Gasteiger partial charge in [0.1, 0.15) is 5.76 Å². The largest absolute Gasteiger partial charge is 0.449 e. The summed E-state index contributed by atoms with van der Waals surface area (Å²) >= 11 is 0. The molecule has 0 aliphatic carbocycles. The summed E-state index contributed by atoms with van der Waals surface area (Å²) in [6.07, 6.45) is 1.95. The van der Waals surface area contributed by atoms with E-state index in [-0.39, 0.29) is 11.4 Å². The standard InChI is InChI=1S/C13H13N3O4/c1-8-6-11(16-20-8)15-12(17)9(2)19-13(18)10-4-3-5-14-7-10/h3-7,9H,1-2H3,(H,15,16,17). The van der Waals surface area contributed by atoms with Gasteiger partial charge in [0.15, 0.2) is 11.9 Å². The lowest BCUT2D eigenvalue weighted by atomic mass is 10.3. The van der Waals surface area contributed by atoms with Crippen molar-refractivity contribution in [2.75, 3.05) is 5.32 Å². The molecule has 0 aromatic carbocycles. The minimum atomic E-state index is -0.959. The fourth-order valence-corrected chi connectivity index (χ4v) is 1.42. The lowest BCUT2D eigenvalue weighted by Crippen LogP contribution is -2.30. The Labute approximate surface area is 114 Å². The number of hydrogen-bond donors (Lipinski definition) is 1. The summed E-state index contributed by atoms with van der Waals surface area (Å²) in [6, 6.07) is 4.73. The Hall–Kier alpha value is -2.70. The summed E-state index contributed by atoms with van der Waals surface area (Å²) in [5.41, 5.74) is 0.282. The van der Waals surface area contributed by atoms with Gasteiger partial charge < -0.3 is 14.6 Å². The van der Waals surface area contributed by atoms with Gasteiger partial charge in [0.05, 0.1) is 5.56 Å². The zero-order valence-corrected chi connectivity index (χ0v) is 11.0. The van der Waals surface area contributed by atoms with Crippen LogP contribution in [0.1, 0.15) is 23.0 Å². The summed E-state index contributed by atoms with van der Waals surface area (Å²) in [5, 5.41) is 6.10. The van der Waals surface area contributed by atoms with E-state index in [4.69, 9.17) is 9.26 Å². The van der Waals surface area contributed by atoms with E-state index < -0.39 is 18.0 Å². The third kappa shape index (κ3) is 3.41. The van der Waals surface area contributed by atoms with E-state index in [9.17, 15) is 9.59 Å². The van der Waals surface area contributed by atoms with Crippen molar-refractivity contribution in [3.8, 4) is 0 Å². The van der Waals surface area contributed by atoms with Gasteiger partial charge >= 0.3 is 5.97 Å². The van der Waals surface area contributed by atoms with Crippen molar-refractivity contribution in [2.45, 2.75) is 20.0 Å². The number of nitrogens with zero attached hydrogens (tertiary/aromatic N) is 2. The highest BCUT2D eigenvalue weighted by atomic mass is 16.5. The van der Waals surface area contributed by atoms with E-state index in [1.54, 1.807) is 31.3 Å².